The normalized spacial score (nSPS) is 12.3. The van der Waals surface area contributed by atoms with Crippen LogP contribution in [-0.2, 0) is 16.1 Å². The van der Waals surface area contributed by atoms with Gasteiger partial charge in [-0.05, 0) is 18.4 Å². The van der Waals surface area contributed by atoms with Crippen molar-refractivity contribution in [1.29, 1.82) is 0 Å². The number of nitrogens with zero attached hydrogens (tertiary/aromatic N) is 3. The van der Waals surface area contributed by atoms with Crippen molar-refractivity contribution in [3.05, 3.63) is 23.4 Å². The summed E-state index contributed by atoms with van der Waals surface area (Å²) in [6.07, 6.45) is 0. The summed E-state index contributed by atoms with van der Waals surface area (Å²) in [5, 5.41) is 12.0. The molecule has 3 amide bonds. The van der Waals surface area contributed by atoms with Crippen LogP contribution in [0.25, 0.3) is 10.8 Å². The molecule has 3 N–H and O–H groups in total. The van der Waals surface area contributed by atoms with E-state index in [0.717, 1.165) is 4.88 Å². The van der Waals surface area contributed by atoms with Gasteiger partial charge in [0.2, 0.25) is 11.8 Å². The van der Waals surface area contributed by atoms with Gasteiger partial charge in [-0.2, -0.15) is 0 Å². The third kappa shape index (κ3) is 4.85. The van der Waals surface area contributed by atoms with Crippen LogP contribution < -0.4 is 11.1 Å². The van der Waals surface area contributed by atoms with E-state index in [1.807, 2.05) is 17.5 Å². The van der Waals surface area contributed by atoms with E-state index in [9.17, 15) is 9.59 Å². The van der Waals surface area contributed by atoms with E-state index >= 15 is 0 Å². The maximum absolute atomic E-state index is 12.0. The minimum atomic E-state index is -0.892. The number of aromatic nitrogens is 2. The number of carbonyl (C=O) groups excluding carboxylic acids is 2. The van der Waals surface area contributed by atoms with Crippen LogP contribution in [0.2, 0.25) is 0 Å². The van der Waals surface area contributed by atoms with Gasteiger partial charge in [-0.25, -0.2) is 4.79 Å². The lowest BCUT2D eigenvalue weighted by Crippen LogP contribution is -2.49. The van der Waals surface area contributed by atoms with Crippen LogP contribution in [-0.4, -0.2) is 53.3 Å². The summed E-state index contributed by atoms with van der Waals surface area (Å²) in [5.41, 5.74) is 4.99. The summed E-state index contributed by atoms with van der Waals surface area (Å²) in [5.74, 6) is 0.297. The van der Waals surface area contributed by atoms with Gasteiger partial charge in [0, 0.05) is 13.7 Å². The first kappa shape index (κ1) is 18.0. The molecular formula is C14H19N5O4S. The van der Waals surface area contributed by atoms with Crippen molar-refractivity contribution in [3.63, 3.8) is 0 Å². The van der Waals surface area contributed by atoms with Crippen LogP contribution in [0, 0.1) is 0 Å². The number of rotatable bonds is 8. The summed E-state index contributed by atoms with van der Waals surface area (Å²) in [7, 11) is 1.56. The molecule has 0 saturated carbocycles. The van der Waals surface area contributed by atoms with E-state index in [-0.39, 0.29) is 6.54 Å². The number of hydrogen-bond donors (Lipinski definition) is 2. The van der Waals surface area contributed by atoms with Crippen molar-refractivity contribution < 1.29 is 18.7 Å². The minimum absolute atomic E-state index is 0.245. The lowest BCUT2D eigenvalue weighted by molar-refractivity contribution is -0.125. The topological polar surface area (TPSA) is 124 Å². The van der Waals surface area contributed by atoms with Crippen molar-refractivity contribution >= 4 is 23.3 Å². The van der Waals surface area contributed by atoms with Gasteiger partial charge in [-0.1, -0.05) is 6.07 Å². The van der Waals surface area contributed by atoms with Crippen LogP contribution in [0.5, 0.6) is 0 Å². The molecular weight excluding hydrogens is 334 g/mol. The third-order valence-electron chi connectivity index (χ3n) is 3.29. The fraction of sp³-hybridized carbons (Fsp3) is 0.429. The number of thiophene rings is 1. The Balaban J connectivity index is 2.07. The zero-order chi connectivity index (χ0) is 17.5. The Labute approximate surface area is 142 Å². The third-order valence-corrected chi connectivity index (χ3v) is 4.15. The lowest BCUT2D eigenvalue weighted by atomic mass is 10.2. The molecule has 0 aliphatic carbocycles. The van der Waals surface area contributed by atoms with Gasteiger partial charge >= 0.3 is 6.03 Å². The van der Waals surface area contributed by atoms with Crippen molar-refractivity contribution in [2.45, 2.75) is 19.5 Å². The van der Waals surface area contributed by atoms with Gasteiger partial charge < -0.3 is 14.9 Å². The Hall–Kier alpha value is -2.30. The number of ether oxygens (including phenoxy) is 1. The molecule has 0 aliphatic heterocycles. The molecule has 2 aromatic heterocycles. The molecule has 0 radical (unpaired) electrons. The number of carbonyl (C=O) groups is 2. The highest BCUT2D eigenvalue weighted by Crippen LogP contribution is 2.23. The van der Waals surface area contributed by atoms with Crippen LogP contribution in [0.3, 0.4) is 0 Å². The second-order valence-corrected chi connectivity index (χ2v) is 5.92. The molecule has 24 heavy (non-hydrogen) atoms. The average molecular weight is 353 g/mol. The first-order valence-corrected chi connectivity index (χ1v) is 8.08. The molecule has 1 atom stereocenters. The number of amides is 3. The van der Waals surface area contributed by atoms with E-state index in [2.05, 4.69) is 15.5 Å². The standard InChI is InChI=1S/C14H19N5O4S/c1-9(12(20)16-14(15)21)19(5-6-22-2)8-11-17-18-13(23-11)10-4-3-7-24-10/h3-4,7,9H,5-6,8H2,1-2H3,(H3,15,16,20,21)/t9-/m0/s1. The Morgan fingerprint density at radius 3 is 2.92 bits per heavy atom. The van der Waals surface area contributed by atoms with Gasteiger partial charge in [-0.3, -0.25) is 15.0 Å². The van der Waals surface area contributed by atoms with Gasteiger partial charge in [0.25, 0.3) is 5.89 Å². The summed E-state index contributed by atoms with van der Waals surface area (Å²) < 4.78 is 10.7. The van der Waals surface area contributed by atoms with E-state index in [4.69, 9.17) is 14.9 Å². The Morgan fingerprint density at radius 1 is 1.50 bits per heavy atom. The molecule has 0 aromatic carbocycles. The SMILES string of the molecule is COCCN(Cc1nnc(-c2cccs2)o1)[C@@H](C)C(=O)NC(N)=O. The minimum Gasteiger partial charge on any atom is -0.419 e. The molecule has 9 nitrogen and oxygen atoms in total. The zero-order valence-corrected chi connectivity index (χ0v) is 14.2. The zero-order valence-electron chi connectivity index (χ0n) is 13.4. The highest BCUT2D eigenvalue weighted by molar-refractivity contribution is 7.13. The Morgan fingerprint density at radius 2 is 2.29 bits per heavy atom. The van der Waals surface area contributed by atoms with Crippen LogP contribution in [0.15, 0.2) is 21.9 Å². The Kier molecular flexibility index (Phi) is 6.41. The first-order valence-electron chi connectivity index (χ1n) is 7.20. The number of hydrogen-bond acceptors (Lipinski definition) is 8. The molecule has 0 aliphatic rings. The number of nitrogens with two attached hydrogens (primary N) is 1. The Bertz CT molecular complexity index is 673. The number of primary amides is 1. The molecule has 10 heteroatoms. The van der Waals surface area contributed by atoms with E-state index in [0.29, 0.717) is 24.9 Å². The molecule has 130 valence electrons. The van der Waals surface area contributed by atoms with E-state index in [1.54, 1.807) is 18.9 Å². The summed E-state index contributed by atoms with van der Waals surface area (Å²) in [6, 6.07) is 2.26. The lowest BCUT2D eigenvalue weighted by Gasteiger charge is -2.25. The molecule has 0 fully saturated rings. The fourth-order valence-corrected chi connectivity index (χ4v) is 2.65. The van der Waals surface area contributed by atoms with Crippen molar-refractivity contribution in [3.8, 4) is 10.8 Å². The predicted molar refractivity (Wildman–Crippen MR) is 87.1 cm³/mol. The summed E-state index contributed by atoms with van der Waals surface area (Å²) in [4.78, 5) is 25.5. The molecule has 0 unspecified atom stereocenters. The smallest absolute Gasteiger partial charge is 0.318 e. The first-order chi connectivity index (χ1) is 11.5. The van der Waals surface area contributed by atoms with E-state index < -0.39 is 18.0 Å². The van der Waals surface area contributed by atoms with Crippen LogP contribution in [0.4, 0.5) is 4.79 Å². The van der Waals surface area contributed by atoms with E-state index in [1.165, 1.54) is 11.3 Å². The van der Waals surface area contributed by atoms with Crippen molar-refractivity contribution in [2.75, 3.05) is 20.3 Å². The van der Waals surface area contributed by atoms with Crippen LogP contribution in [0.1, 0.15) is 12.8 Å². The van der Waals surface area contributed by atoms with Crippen LogP contribution >= 0.6 is 11.3 Å². The monoisotopic (exact) mass is 353 g/mol. The number of urea groups is 1. The number of imide groups is 1. The highest BCUT2D eigenvalue weighted by atomic mass is 32.1. The quantitative estimate of drug-likeness (QED) is 0.720. The molecule has 0 saturated heterocycles. The maximum Gasteiger partial charge on any atom is 0.318 e. The van der Waals surface area contributed by atoms with Gasteiger partial charge in [0.05, 0.1) is 24.1 Å². The molecule has 2 rings (SSSR count). The fourth-order valence-electron chi connectivity index (χ4n) is 2.00. The molecule has 2 heterocycles. The number of methoxy groups -OCH3 is 1. The summed E-state index contributed by atoms with van der Waals surface area (Å²) >= 11 is 1.49. The van der Waals surface area contributed by atoms with Gasteiger partial charge in [0.1, 0.15) is 0 Å². The second kappa shape index (κ2) is 8.52. The van der Waals surface area contributed by atoms with Gasteiger partial charge in [0.15, 0.2) is 0 Å². The molecule has 2 aromatic rings. The van der Waals surface area contributed by atoms with Crippen molar-refractivity contribution in [2.24, 2.45) is 5.73 Å². The largest absolute Gasteiger partial charge is 0.419 e. The molecule has 0 bridgehead atoms. The molecule has 0 spiro atoms. The van der Waals surface area contributed by atoms with Crippen molar-refractivity contribution in [1.82, 2.24) is 20.4 Å². The van der Waals surface area contributed by atoms with Gasteiger partial charge in [-0.15, -0.1) is 21.5 Å². The summed E-state index contributed by atoms with van der Waals surface area (Å²) in [6.45, 7) is 2.75. The maximum atomic E-state index is 12.0. The average Bonchev–Trinajstić information content (AvgIpc) is 3.21. The highest BCUT2D eigenvalue weighted by Gasteiger charge is 2.24. The number of nitrogens with one attached hydrogen (secondary N) is 1. The second-order valence-electron chi connectivity index (χ2n) is 4.97. The predicted octanol–water partition coefficient (Wildman–Crippen LogP) is 0.830.